The van der Waals surface area contributed by atoms with Gasteiger partial charge in [-0.2, -0.15) is 4.78 Å². The minimum atomic E-state index is -2.92. The predicted octanol–water partition coefficient (Wildman–Crippen LogP) is 4.19. The quantitative estimate of drug-likeness (QED) is 0.569. The largest absolute Gasteiger partial charge is 0.300 e. The summed E-state index contributed by atoms with van der Waals surface area (Å²) in [6.45, 7) is 6.28. The molecule has 0 aromatic heterocycles. The molecule has 0 aliphatic carbocycles. The van der Waals surface area contributed by atoms with Crippen LogP contribution in [0.15, 0.2) is 60.7 Å². The van der Waals surface area contributed by atoms with E-state index < -0.39 is 7.29 Å². The molecule has 2 rings (SSSR count). The van der Waals surface area contributed by atoms with E-state index in [1.54, 1.807) is 11.4 Å². The molecule has 0 aliphatic heterocycles. The lowest BCUT2D eigenvalue weighted by molar-refractivity contribution is -0.124. The first-order valence-electron chi connectivity index (χ1n) is 8.64. The molecule has 2 aromatic carbocycles. The number of hydrogen-bond donors (Lipinski definition) is 1. The second kappa shape index (κ2) is 8.98. The summed E-state index contributed by atoms with van der Waals surface area (Å²) in [6.07, 6.45) is 1.24. The maximum absolute atomic E-state index is 13.5. The first-order chi connectivity index (χ1) is 11.9. The summed E-state index contributed by atoms with van der Waals surface area (Å²) < 4.78 is 15.1. The molecule has 1 atom stereocenters. The van der Waals surface area contributed by atoms with Gasteiger partial charge in [-0.1, -0.05) is 74.5 Å². The smallest absolute Gasteiger partial charge is 0.234 e. The van der Waals surface area contributed by atoms with Crippen LogP contribution in [0.2, 0.25) is 0 Å². The van der Waals surface area contributed by atoms with E-state index in [1.807, 2.05) is 60.7 Å². The molecule has 0 fully saturated rings. The molecule has 1 amide bonds. The third kappa shape index (κ3) is 5.84. The van der Waals surface area contributed by atoms with Gasteiger partial charge in [-0.3, -0.25) is 10.2 Å². The van der Waals surface area contributed by atoms with Crippen molar-refractivity contribution in [2.75, 3.05) is 6.66 Å². The minimum absolute atomic E-state index is 0.0948. The van der Waals surface area contributed by atoms with Crippen LogP contribution >= 0.6 is 7.29 Å². The second-order valence-corrected chi connectivity index (χ2v) is 9.48. The third-order valence-corrected chi connectivity index (χ3v) is 6.49. The van der Waals surface area contributed by atoms with Gasteiger partial charge in [0.2, 0.25) is 5.91 Å². The Bertz CT molecular complexity index is 717. The monoisotopic (exact) mass is 358 g/mol. The zero-order chi connectivity index (χ0) is 18.3. The molecule has 4 nitrogen and oxygen atoms in total. The van der Waals surface area contributed by atoms with E-state index in [2.05, 4.69) is 19.3 Å². The van der Waals surface area contributed by atoms with Gasteiger partial charge in [0.1, 0.15) is 0 Å². The number of carbonyl (C=O) groups excluding carboxylic acids is 1. The minimum Gasteiger partial charge on any atom is -0.300 e. The molecule has 0 aliphatic rings. The van der Waals surface area contributed by atoms with Gasteiger partial charge in [-0.25, -0.2) is 0 Å². The summed E-state index contributed by atoms with van der Waals surface area (Å²) in [4.78, 5) is 12.4. The molecule has 0 heterocycles. The highest BCUT2D eigenvalue weighted by molar-refractivity contribution is 7.68. The molecule has 0 saturated heterocycles. The standard InChI is InChI=1S/C20H27N2O2P/c1-17(2)14-15-20(23)21-22(16-18-10-6-4-7-11-18)25(3,24)19-12-8-5-9-13-19/h4-13,17H,14-16H2,1-3H3,(H,21,23)/t25-/m1/s1. The number of carbonyl (C=O) groups is 1. The highest BCUT2D eigenvalue weighted by Gasteiger charge is 2.29. The maximum atomic E-state index is 13.5. The van der Waals surface area contributed by atoms with Crippen LogP contribution in [0.25, 0.3) is 0 Å². The lowest BCUT2D eigenvalue weighted by Crippen LogP contribution is -2.41. The Hall–Kier alpha value is -1.90. The van der Waals surface area contributed by atoms with Gasteiger partial charge < -0.3 is 4.57 Å². The lowest BCUT2D eigenvalue weighted by atomic mass is 10.1. The fourth-order valence-corrected chi connectivity index (χ4v) is 4.23. The SMILES string of the molecule is CC(C)CCC(=O)NN(Cc1ccccc1)[P@](C)(=O)c1ccccc1. The van der Waals surface area contributed by atoms with Crippen molar-refractivity contribution in [3.8, 4) is 0 Å². The fraction of sp³-hybridized carbons (Fsp3) is 0.350. The number of benzene rings is 2. The van der Waals surface area contributed by atoms with Crippen molar-refractivity contribution < 1.29 is 9.36 Å². The van der Waals surface area contributed by atoms with E-state index in [0.29, 0.717) is 18.9 Å². The highest BCUT2D eigenvalue weighted by atomic mass is 31.2. The van der Waals surface area contributed by atoms with Crippen molar-refractivity contribution in [2.45, 2.75) is 33.2 Å². The zero-order valence-corrected chi connectivity index (χ0v) is 16.1. The predicted molar refractivity (Wildman–Crippen MR) is 104 cm³/mol. The van der Waals surface area contributed by atoms with Crippen molar-refractivity contribution in [2.24, 2.45) is 5.92 Å². The summed E-state index contributed by atoms with van der Waals surface area (Å²) in [5.74, 6) is 0.360. The van der Waals surface area contributed by atoms with Gasteiger partial charge in [0.15, 0.2) is 7.29 Å². The number of hydrogen-bond acceptors (Lipinski definition) is 2. The molecule has 0 unspecified atom stereocenters. The number of nitrogens with one attached hydrogen (secondary N) is 1. The Morgan fingerprint density at radius 2 is 1.60 bits per heavy atom. The first kappa shape index (κ1) is 19.4. The van der Waals surface area contributed by atoms with Gasteiger partial charge >= 0.3 is 0 Å². The van der Waals surface area contributed by atoms with Crippen LogP contribution in [0.5, 0.6) is 0 Å². The van der Waals surface area contributed by atoms with Gasteiger partial charge in [0.05, 0.1) is 6.54 Å². The van der Waals surface area contributed by atoms with Crippen LogP contribution in [0.3, 0.4) is 0 Å². The van der Waals surface area contributed by atoms with Crippen molar-refractivity contribution in [3.63, 3.8) is 0 Å². The number of rotatable bonds is 8. The Balaban J connectivity index is 2.22. The van der Waals surface area contributed by atoms with Crippen molar-refractivity contribution in [1.82, 2.24) is 10.2 Å². The summed E-state index contributed by atoms with van der Waals surface area (Å²) >= 11 is 0. The average Bonchev–Trinajstić information content (AvgIpc) is 2.61. The lowest BCUT2D eigenvalue weighted by Gasteiger charge is -2.30. The van der Waals surface area contributed by atoms with Gasteiger partial charge in [0, 0.05) is 18.4 Å². The molecule has 0 saturated carbocycles. The molecule has 1 N–H and O–H groups in total. The van der Waals surface area contributed by atoms with Gasteiger partial charge in [0.25, 0.3) is 0 Å². The number of hydrazine groups is 1. The van der Waals surface area contributed by atoms with E-state index in [0.717, 1.165) is 17.3 Å². The second-order valence-electron chi connectivity index (χ2n) is 6.73. The van der Waals surface area contributed by atoms with Crippen LogP contribution in [0, 0.1) is 5.92 Å². The van der Waals surface area contributed by atoms with Gasteiger partial charge in [-0.05, 0) is 17.9 Å². The molecular formula is C20H27N2O2P. The average molecular weight is 358 g/mol. The highest BCUT2D eigenvalue weighted by Crippen LogP contribution is 2.44. The Morgan fingerprint density at radius 1 is 1.04 bits per heavy atom. The normalized spacial score (nSPS) is 13.6. The Kier molecular flexibility index (Phi) is 6.98. The first-order valence-corrected chi connectivity index (χ1v) is 10.7. The Labute approximate surface area is 150 Å². The van der Waals surface area contributed by atoms with E-state index in [4.69, 9.17) is 0 Å². The van der Waals surface area contributed by atoms with Crippen LogP contribution in [0.4, 0.5) is 0 Å². The maximum Gasteiger partial charge on any atom is 0.234 e. The summed E-state index contributed by atoms with van der Waals surface area (Å²) in [5, 5.41) is 0.732. The van der Waals surface area contributed by atoms with Gasteiger partial charge in [-0.15, -0.1) is 0 Å². The number of amides is 1. The summed E-state index contributed by atoms with van der Waals surface area (Å²) in [5.41, 5.74) is 3.90. The summed E-state index contributed by atoms with van der Waals surface area (Å²) in [7, 11) is -2.92. The fourth-order valence-electron chi connectivity index (χ4n) is 2.49. The molecular weight excluding hydrogens is 331 g/mol. The van der Waals surface area contributed by atoms with Crippen molar-refractivity contribution >= 4 is 18.5 Å². The summed E-state index contributed by atoms with van der Waals surface area (Å²) in [6, 6.07) is 19.1. The van der Waals surface area contributed by atoms with Crippen molar-refractivity contribution in [1.29, 1.82) is 0 Å². The zero-order valence-electron chi connectivity index (χ0n) is 15.2. The molecule has 0 bridgehead atoms. The van der Waals surface area contributed by atoms with Crippen molar-refractivity contribution in [3.05, 3.63) is 66.2 Å². The third-order valence-electron chi connectivity index (χ3n) is 4.07. The van der Waals surface area contributed by atoms with Crippen LogP contribution < -0.4 is 10.7 Å². The van der Waals surface area contributed by atoms with E-state index >= 15 is 0 Å². The molecule has 134 valence electrons. The molecule has 5 heteroatoms. The van der Waals surface area contributed by atoms with Crippen LogP contribution in [-0.4, -0.2) is 17.4 Å². The molecule has 0 spiro atoms. The van der Waals surface area contributed by atoms with E-state index in [9.17, 15) is 9.36 Å². The van der Waals surface area contributed by atoms with E-state index in [1.165, 1.54) is 0 Å². The molecule has 2 aromatic rings. The van der Waals surface area contributed by atoms with Crippen LogP contribution in [-0.2, 0) is 15.9 Å². The number of nitrogens with zero attached hydrogens (tertiary/aromatic N) is 1. The topological polar surface area (TPSA) is 49.4 Å². The molecule has 0 radical (unpaired) electrons. The molecule has 25 heavy (non-hydrogen) atoms. The Morgan fingerprint density at radius 3 is 2.16 bits per heavy atom. The van der Waals surface area contributed by atoms with Crippen LogP contribution in [0.1, 0.15) is 32.3 Å². The van der Waals surface area contributed by atoms with E-state index in [-0.39, 0.29) is 5.91 Å².